The molecule has 1 saturated carbocycles. The average Bonchev–Trinajstić information content (AvgIpc) is 3.50. The quantitative estimate of drug-likeness (QED) is 0.663. The molecule has 0 unspecified atom stereocenters. The van der Waals surface area contributed by atoms with Gasteiger partial charge in [0, 0.05) is 30.4 Å². The van der Waals surface area contributed by atoms with Gasteiger partial charge < -0.3 is 10.6 Å². The molecule has 0 atom stereocenters. The second kappa shape index (κ2) is 9.37. The predicted octanol–water partition coefficient (Wildman–Crippen LogP) is 4.53. The molecule has 3 rings (SSSR count). The number of anilines is 2. The van der Waals surface area contributed by atoms with Crippen LogP contribution in [0.3, 0.4) is 0 Å². The van der Waals surface area contributed by atoms with Crippen LogP contribution in [0.4, 0.5) is 15.8 Å². The van der Waals surface area contributed by atoms with Gasteiger partial charge in [-0.1, -0.05) is 29.8 Å². The van der Waals surface area contributed by atoms with E-state index in [1.807, 2.05) is 36.9 Å². The van der Waals surface area contributed by atoms with Gasteiger partial charge in [-0.15, -0.1) is 0 Å². The monoisotopic (exact) mass is 417 g/mol. The third-order valence-corrected chi connectivity index (χ3v) is 5.27. The number of benzene rings is 2. The lowest BCUT2D eigenvalue weighted by Crippen LogP contribution is -2.37. The van der Waals surface area contributed by atoms with Gasteiger partial charge in [0.2, 0.25) is 11.8 Å². The van der Waals surface area contributed by atoms with Crippen molar-refractivity contribution < 1.29 is 14.0 Å². The van der Waals surface area contributed by atoms with E-state index in [-0.39, 0.29) is 29.8 Å². The van der Waals surface area contributed by atoms with Crippen LogP contribution in [-0.2, 0) is 9.59 Å². The van der Waals surface area contributed by atoms with Gasteiger partial charge in [-0.3, -0.25) is 14.5 Å². The van der Waals surface area contributed by atoms with Crippen LogP contribution in [0, 0.1) is 19.7 Å². The number of aryl methyl sites for hydroxylation is 2. The number of para-hydroxylation sites is 1. The first-order valence-corrected chi connectivity index (χ1v) is 10.1. The zero-order chi connectivity index (χ0) is 21.0. The van der Waals surface area contributed by atoms with E-state index >= 15 is 0 Å². The molecule has 29 heavy (non-hydrogen) atoms. The summed E-state index contributed by atoms with van der Waals surface area (Å²) in [5, 5.41) is 5.68. The van der Waals surface area contributed by atoms with Crippen LogP contribution in [0.15, 0.2) is 36.4 Å². The SMILES string of the molecule is Cc1cccc(C)c1NC(=O)CN(CCC(=O)Nc1ccc(F)c(Cl)c1)C1CC1. The topological polar surface area (TPSA) is 61.4 Å². The summed E-state index contributed by atoms with van der Waals surface area (Å²) in [6.45, 7) is 4.65. The zero-order valence-electron chi connectivity index (χ0n) is 16.6. The number of hydrogen-bond acceptors (Lipinski definition) is 3. The summed E-state index contributed by atoms with van der Waals surface area (Å²) in [6.07, 6.45) is 2.31. The predicted molar refractivity (Wildman–Crippen MR) is 114 cm³/mol. The molecule has 1 aliphatic rings. The molecular formula is C22H25ClFN3O2. The third-order valence-electron chi connectivity index (χ3n) is 4.98. The van der Waals surface area contributed by atoms with Crippen molar-refractivity contribution in [1.82, 2.24) is 4.90 Å². The summed E-state index contributed by atoms with van der Waals surface area (Å²) in [6, 6.07) is 10.3. The molecular weight excluding hydrogens is 393 g/mol. The lowest BCUT2D eigenvalue weighted by molar-refractivity contribution is -0.119. The Morgan fingerprint density at radius 3 is 2.41 bits per heavy atom. The van der Waals surface area contributed by atoms with E-state index in [0.29, 0.717) is 18.3 Å². The molecule has 154 valence electrons. The van der Waals surface area contributed by atoms with E-state index in [1.165, 1.54) is 18.2 Å². The first-order chi connectivity index (χ1) is 13.8. The van der Waals surface area contributed by atoms with Crippen LogP contribution in [0.2, 0.25) is 5.02 Å². The first kappa shape index (κ1) is 21.3. The highest BCUT2D eigenvalue weighted by Crippen LogP contribution is 2.27. The standard InChI is InChI=1S/C22H25ClFN3O2/c1-14-4-3-5-15(2)22(14)26-21(29)13-27(17-7-8-17)11-10-20(28)25-16-6-9-19(24)18(23)12-16/h3-6,9,12,17H,7-8,10-11,13H2,1-2H3,(H,25,28)(H,26,29). The lowest BCUT2D eigenvalue weighted by atomic mass is 10.1. The third kappa shape index (κ3) is 6.02. The van der Waals surface area contributed by atoms with Crippen molar-refractivity contribution in [1.29, 1.82) is 0 Å². The number of carbonyl (C=O) groups is 2. The Hall–Kier alpha value is -2.44. The molecule has 0 saturated heterocycles. The first-order valence-electron chi connectivity index (χ1n) is 9.68. The smallest absolute Gasteiger partial charge is 0.238 e. The molecule has 7 heteroatoms. The molecule has 1 fully saturated rings. The van der Waals surface area contributed by atoms with E-state index in [2.05, 4.69) is 10.6 Å². The fourth-order valence-electron chi connectivity index (χ4n) is 3.25. The highest BCUT2D eigenvalue weighted by molar-refractivity contribution is 6.31. The number of halogens is 2. The Morgan fingerprint density at radius 2 is 1.79 bits per heavy atom. The second-order valence-corrected chi connectivity index (χ2v) is 7.85. The van der Waals surface area contributed by atoms with E-state index in [9.17, 15) is 14.0 Å². The molecule has 0 aromatic heterocycles. The highest BCUT2D eigenvalue weighted by atomic mass is 35.5. The average molecular weight is 418 g/mol. The van der Waals surface area contributed by atoms with Crippen molar-refractivity contribution >= 4 is 34.8 Å². The Kier molecular flexibility index (Phi) is 6.87. The molecule has 1 aliphatic carbocycles. The van der Waals surface area contributed by atoms with Crippen molar-refractivity contribution in [3.05, 3.63) is 58.4 Å². The van der Waals surface area contributed by atoms with Crippen molar-refractivity contribution in [2.45, 2.75) is 39.2 Å². The summed E-state index contributed by atoms with van der Waals surface area (Å²) >= 11 is 5.74. The van der Waals surface area contributed by atoms with E-state index in [0.717, 1.165) is 29.7 Å². The second-order valence-electron chi connectivity index (χ2n) is 7.44. The molecule has 0 spiro atoms. The van der Waals surface area contributed by atoms with Crippen LogP contribution in [0.5, 0.6) is 0 Å². The Bertz CT molecular complexity index is 895. The Labute approximate surface area is 175 Å². The van der Waals surface area contributed by atoms with Crippen LogP contribution in [0.1, 0.15) is 30.4 Å². The maximum atomic E-state index is 13.2. The van der Waals surface area contributed by atoms with Crippen LogP contribution in [-0.4, -0.2) is 35.8 Å². The van der Waals surface area contributed by atoms with Crippen molar-refractivity contribution in [3.63, 3.8) is 0 Å². The zero-order valence-corrected chi connectivity index (χ0v) is 17.4. The van der Waals surface area contributed by atoms with Crippen LogP contribution >= 0.6 is 11.6 Å². The van der Waals surface area contributed by atoms with Crippen molar-refractivity contribution in [2.75, 3.05) is 23.7 Å². The van der Waals surface area contributed by atoms with Gasteiger partial charge in [-0.2, -0.15) is 0 Å². The Morgan fingerprint density at radius 1 is 1.10 bits per heavy atom. The molecule has 2 amide bonds. The maximum Gasteiger partial charge on any atom is 0.238 e. The summed E-state index contributed by atoms with van der Waals surface area (Å²) in [7, 11) is 0. The number of amides is 2. The minimum atomic E-state index is -0.528. The van der Waals surface area contributed by atoms with Crippen LogP contribution < -0.4 is 10.6 Å². The number of rotatable bonds is 8. The normalized spacial score (nSPS) is 13.4. The van der Waals surface area contributed by atoms with Gasteiger partial charge in [0.25, 0.3) is 0 Å². The highest BCUT2D eigenvalue weighted by Gasteiger charge is 2.30. The van der Waals surface area contributed by atoms with Crippen molar-refractivity contribution in [3.8, 4) is 0 Å². The molecule has 0 aliphatic heterocycles. The molecule has 0 radical (unpaired) electrons. The summed E-state index contributed by atoms with van der Waals surface area (Å²) in [4.78, 5) is 26.9. The number of nitrogens with one attached hydrogen (secondary N) is 2. The van der Waals surface area contributed by atoms with Gasteiger partial charge in [-0.25, -0.2) is 4.39 Å². The molecule has 5 nitrogen and oxygen atoms in total. The van der Waals surface area contributed by atoms with Gasteiger partial charge in [-0.05, 0) is 56.0 Å². The number of hydrogen-bond donors (Lipinski definition) is 2. The van der Waals surface area contributed by atoms with Crippen molar-refractivity contribution in [2.24, 2.45) is 0 Å². The summed E-state index contributed by atoms with van der Waals surface area (Å²) in [5.41, 5.74) is 3.34. The van der Waals surface area contributed by atoms with E-state index in [1.54, 1.807) is 0 Å². The van der Waals surface area contributed by atoms with Crippen LogP contribution in [0.25, 0.3) is 0 Å². The minimum absolute atomic E-state index is 0.0365. The number of nitrogens with zero attached hydrogens (tertiary/aromatic N) is 1. The van der Waals surface area contributed by atoms with Gasteiger partial charge in [0.15, 0.2) is 0 Å². The molecule has 2 N–H and O–H groups in total. The fraction of sp³-hybridized carbons (Fsp3) is 0.364. The maximum absolute atomic E-state index is 13.2. The molecule has 2 aromatic rings. The minimum Gasteiger partial charge on any atom is -0.326 e. The van der Waals surface area contributed by atoms with Gasteiger partial charge in [0.1, 0.15) is 5.82 Å². The number of carbonyl (C=O) groups excluding carboxylic acids is 2. The fourth-order valence-corrected chi connectivity index (χ4v) is 3.43. The largest absolute Gasteiger partial charge is 0.326 e. The lowest BCUT2D eigenvalue weighted by Gasteiger charge is -2.22. The molecule has 0 bridgehead atoms. The van der Waals surface area contributed by atoms with E-state index < -0.39 is 5.82 Å². The Balaban J connectivity index is 1.53. The summed E-state index contributed by atoms with van der Waals surface area (Å²) in [5.74, 6) is -0.812. The molecule has 0 heterocycles. The van der Waals surface area contributed by atoms with Gasteiger partial charge >= 0.3 is 0 Å². The van der Waals surface area contributed by atoms with E-state index in [4.69, 9.17) is 11.6 Å². The molecule has 2 aromatic carbocycles. The summed E-state index contributed by atoms with van der Waals surface area (Å²) < 4.78 is 13.2. The van der Waals surface area contributed by atoms with Gasteiger partial charge in [0.05, 0.1) is 11.6 Å².